The minimum absolute atomic E-state index is 0.108. The number of hydrogen-bond acceptors (Lipinski definition) is 3. The van der Waals surface area contributed by atoms with E-state index in [1.807, 2.05) is 0 Å². The summed E-state index contributed by atoms with van der Waals surface area (Å²) in [6.07, 6.45) is 0.544. The van der Waals surface area contributed by atoms with Crippen molar-refractivity contribution in [3.8, 4) is 5.75 Å². The van der Waals surface area contributed by atoms with E-state index < -0.39 is 4.83 Å². The summed E-state index contributed by atoms with van der Waals surface area (Å²) in [7, 11) is 0. The van der Waals surface area contributed by atoms with Gasteiger partial charge in [0.15, 0.2) is 6.29 Å². The fourth-order valence-corrected chi connectivity index (χ4v) is 1.54. The van der Waals surface area contributed by atoms with Crippen LogP contribution in [0.5, 0.6) is 5.75 Å². The van der Waals surface area contributed by atoms with Gasteiger partial charge in [0.2, 0.25) is 0 Å². The summed E-state index contributed by atoms with van der Waals surface area (Å²) in [6.45, 7) is 1.41. The first-order valence-corrected chi connectivity index (χ1v) is 4.91. The molecule has 0 amide bonds. The maximum Gasteiger partial charge on any atom is 0.154 e. The van der Waals surface area contributed by atoms with Crippen LogP contribution in [0, 0.1) is 0 Å². The highest BCUT2D eigenvalue weighted by Crippen LogP contribution is 2.30. The van der Waals surface area contributed by atoms with Crippen LogP contribution in [0.2, 0.25) is 0 Å². The Morgan fingerprint density at radius 1 is 1.57 bits per heavy atom. The summed E-state index contributed by atoms with van der Waals surface area (Å²) < 4.78 is 0. The third-order valence-corrected chi connectivity index (χ3v) is 3.00. The molecule has 0 aromatic heterocycles. The Balaban J connectivity index is 3.26. The molecule has 14 heavy (non-hydrogen) atoms. The molecule has 1 atom stereocenters. The molecule has 0 aliphatic heterocycles. The number of ketones is 1. The number of rotatable bonds is 3. The van der Waals surface area contributed by atoms with Crippen molar-refractivity contribution in [2.24, 2.45) is 0 Å². The van der Waals surface area contributed by atoms with Crippen molar-refractivity contribution in [2.45, 2.75) is 11.8 Å². The first-order chi connectivity index (χ1) is 6.57. The minimum Gasteiger partial charge on any atom is -0.507 e. The monoisotopic (exact) mass is 256 g/mol. The Kier molecular flexibility index (Phi) is 3.41. The van der Waals surface area contributed by atoms with Gasteiger partial charge in [0.25, 0.3) is 0 Å². The van der Waals surface area contributed by atoms with E-state index in [1.54, 1.807) is 12.1 Å². The molecule has 1 rings (SSSR count). The zero-order valence-corrected chi connectivity index (χ0v) is 9.11. The second-order valence-corrected chi connectivity index (χ2v) is 3.79. The van der Waals surface area contributed by atoms with Gasteiger partial charge in [0.1, 0.15) is 11.5 Å². The lowest BCUT2D eigenvalue weighted by molar-refractivity contribution is -0.116. The number of hydrogen-bond donors (Lipinski definition) is 1. The number of carbonyl (C=O) groups excluding carboxylic acids is 2. The van der Waals surface area contributed by atoms with Gasteiger partial charge in [-0.3, -0.25) is 9.59 Å². The quantitative estimate of drug-likeness (QED) is 0.667. The molecule has 0 heterocycles. The van der Waals surface area contributed by atoms with Gasteiger partial charge in [-0.25, -0.2) is 0 Å². The zero-order chi connectivity index (χ0) is 10.7. The molecule has 74 valence electrons. The van der Waals surface area contributed by atoms with Gasteiger partial charge in [0.05, 0.1) is 10.4 Å². The van der Waals surface area contributed by atoms with E-state index in [0.29, 0.717) is 11.8 Å². The third-order valence-electron chi connectivity index (χ3n) is 1.86. The lowest BCUT2D eigenvalue weighted by Crippen LogP contribution is -2.04. The number of phenolic OH excluding ortho intramolecular Hbond substituents is 1. The molecule has 0 saturated heterocycles. The molecule has 3 nitrogen and oxygen atoms in total. The van der Waals surface area contributed by atoms with Crippen LogP contribution in [-0.4, -0.2) is 17.2 Å². The molecule has 0 aliphatic carbocycles. The van der Waals surface area contributed by atoms with Crippen LogP contribution in [0.25, 0.3) is 0 Å². The van der Waals surface area contributed by atoms with Crippen LogP contribution in [0.15, 0.2) is 18.2 Å². The standard InChI is InChI=1S/C10H9BrO3/c1-6(13)10(11)7-3-2-4-9(14)8(7)5-12/h2-5,10,14H,1H3. The molecule has 1 unspecified atom stereocenters. The van der Waals surface area contributed by atoms with Crippen LogP contribution >= 0.6 is 15.9 Å². The summed E-state index contributed by atoms with van der Waals surface area (Å²) in [4.78, 5) is 21.2. The van der Waals surface area contributed by atoms with E-state index in [9.17, 15) is 14.7 Å². The van der Waals surface area contributed by atoms with Crippen LogP contribution in [-0.2, 0) is 4.79 Å². The van der Waals surface area contributed by atoms with E-state index in [2.05, 4.69) is 15.9 Å². The predicted octanol–water partition coefficient (Wildman–Crippen LogP) is 2.23. The van der Waals surface area contributed by atoms with Crippen molar-refractivity contribution < 1.29 is 14.7 Å². The molecule has 1 N–H and O–H groups in total. The molecule has 0 spiro atoms. The average Bonchev–Trinajstić information content (AvgIpc) is 2.16. The fourth-order valence-electron chi connectivity index (χ4n) is 1.14. The molecular formula is C10H9BrO3. The van der Waals surface area contributed by atoms with E-state index in [1.165, 1.54) is 13.0 Å². The highest BCUT2D eigenvalue weighted by atomic mass is 79.9. The molecule has 1 aromatic rings. The molecule has 0 radical (unpaired) electrons. The largest absolute Gasteiger partial charge is 0.507 e. The van der Waals surface area contributed by atoms with Gasteiger partial charge in [-0.2, -0.15) is 0 Å². The van der Waals surface area contributed by atoms with Crippen LogP contribution in [0.1, 0.15) is 27.7 Å². The highest BCUT2D eigenvalue weighted by molar-refractivity contribution is 9.09. The maximum atomic E-state index is 11.1. The Bertz CT molecular complexity index is 374. The summed E-state index contributed by atoms with van der Waals surface area (Å²) in [5.41, 5.74) is 0.650. The van der Waals surface area contributed by atoms with E-state index in [-0.39, 0.29) is 17.1 Å². The third kappa shape index (κ3) is 2.01. The lowest BCUT2D eigenvalue weighted by atomic mass is 10.0. The molecule has 4 heteroatoms. The van der Waals surface area contributed by atoms with Gasteiger partial charge in [-0.15, -0.1) is 0 Å². The molecular weight excluding hydrogens is 248 g/mol. The van der Waals surface area contributed by atoms with Crippen molar-refractivity contribution in [3.05, 3.63) is 29.3 Å². The Morgan fingerprint density at radius 2 is 2.21 bits per heavy atom. The molecule has 0 bridgehead atoms. The van der Waals surface area contributed by atoms with Gasteiger partial charge in [0, 0.05) is 0 Å². The normalized spacial score (nSPS) is 12.1. The number of carbonyl (C=O) groups is 2. The lowest BCUT2D eigenvalue weighted by Gasteiger charge is -2.09. The fraction of sp³-hybridized carbons (Fsp3) is 0.200. The van der Waals surface area contributed by atoms with E-state index in [4.69, 9.17) is 0 Å². The number of halogens is 1. The second kappa shape index (κ2) is 4.37. The van der Waals surface area contributed by atoms with Gasteiger partial charge in [-0.05, 0) is 18.6 Å². The molecule has 1 aromatic carbocycles. The molecule has 0 fully saturated rings. The average molecular weight is 257 g/mol. The first-order valence-electron chi connectivity index (χ1n) is 3.99. The summed E-state index contributed by atoms with van der Waals surface area (Å²) in [5.74, 6) is -0.220. The summed E-state index contributed by atoms with van der Waals surface area (Å²) in [6, 6.07) is 4.63. The van der Waals surface area contributed by atoms with Crippen LogP contribution in [0.4, 0.5) is 0 Å². The van der Waals surface area contributed by atoms with Crippen molar-refractivity contribution in [1.82, 2.24) is 0 Å². The van der Waals surface area contributed by atoms with Crippen LogP contribution < -0.4 is 0 Å². The number of benzene rings is 1. The molecule has 0 aliphatic rings. The highest BCUT2D eigenvalue weighted by Gasteiger charge is 2.17. The topological polar surface area (TPSA) is 54.4 Å². The molecule has 0 saturated carbocycles. The summed E-state index contributed by atoms with van der Waals surface area (Å²) in [5, 5.41) is 9.36. The van der Waals surface area contributed by atoms with Gasteiger partial charge < -0.3 is 5.11 Å². The van der Waals surface area contributed by atoms with E-state index >= 15 is 0 Å². The van der Waals surface area contributed by atoms with Gasteiger partial charge >= 0.3 is 0 Å². The van der Waals surface area contributed by atoms with Crippen molar-refractivity contribution in [3.63, 3.8) is 0 Å². The van der Waals surface area contributed by atoms with Crippen molar-refractivity contribution >= 4 is 28.0 Å². The van der Waals surface area contributed by atoms with E-state index in [0.717, 1.165) is 0 Å². The minimum atomic E-state index is -0.546. The Morgan fingerprint density at radius 3 is 2.71 bits per heavy atom. The first kappa shape index (κ1) is 10.9. The Hall–Kier alpha value is -1.16. The smallest absolute Gasteiger partial charge is 0.154 e. The number of aromatic hydroxyl groups is 1. The van der Waals surface area contributed by atoms with Crippen molar-refractivity contribution in [1.29, 1.82) is 0 Å². The van der Waals surface area contributed by atoms with Crippen LogP contribution in [0.3, 0.4) is 0 Å². The maximum absolute atomic E-state index is 11.1. The Labute approximate surface area is 89.9 Å². The zero-order valence-electron chi connectivity index (χ0n) is 7.53. The second-order valence-electron chi connectivity index (χ2n) is 2.87. The van der Waals surface area contributed by atoms with Gasteiger partial charge in [-0.1, -0.05) is 28.1 Å². The number of Topliss-reactive ketones (excluding diaryl/α,β-unsaturated/α-hetero) is 1. The van der Waals surface area contributed by atoms with Crippen molar-refractivity contribution in [2.75, 3.05) is 0 Å². The summed E-state index contributed by atoms with van der Waals surface area (Å²) >= 11 is 3.16. The predicted molar refractivity (Wildman–Crippen MR) is 55.8 cm³/mol. The SMILES string of the molecule is CC(=O)C(Br)c1cccc(O)c1C=O. The number of aldehydes is 1. The number of phenols is 1. The number of alkyl halides is 1.